The summed E-state index contributed by atoms with van der Waals surface area (Å²) in [4.78, 5) is 13.6. The quantitative estimate of drug-likeness (QED) is 0.840. The fourth-order valence-electron chi connectivity index (χ4n) is 2.26. The molecule has 2 rings (SSSR count). The maximum atomic E-state index is 12.3. The standard InChI is InChI=1S/C11H18N4O3S/c1-14(2)11(16)9-4-3-5-15(8-9)19(17,18)10-6-12-13-7-10/h6-7,9H,3-5,8H2,1-2H3,(H,12,13)/t9-/m0/s1. The number of aromatic amines is 1. The number of aromatic nitrogens is 2. The van der Waals surface area contributed by atoms with Crippen LogP contribution in [0.25, 0.3) is 0 Å². The molecule has 1 aliphatic rings. The van der Waals surface area contributed by atoms with Gasteiger partial charge in [-0.05, 0) is 12.8 Å². The Morgan fingerprint density at radius 3 is 2.84 bits per heavy atom. The predicted molar refractivity (Wildman–Crippen MR) is 68.8 cm³/mol. The smallest absolute Gasteiger partial charge is 0.246 e. The van der Waals surface area contributed by atoms with E-state index >= 15 is 0 Å². The van der Waals surface area contributed by atoms with Crippen LogP contribution in [0.2, 0.25) is 0 Å². The number of piperidine rings is 1. The van der Waals surface area contributed by atoms with Crippen molar-refractivity contribution in [2.45, 2.75) is 17.7 Å². The highest BCUT2D eigenvalue weighted by Gasteiger charge is 2.34. The lowest BCUT2D eigenvalue weighted by molar-refractivity contribution is -0.134. The minimum Gasteiger partial charge on any atom is -0.349 e. The van der Waals surface area contributed by atoms with Gasteiger partial charge in [-0.3, -0.25) is 9.89 Å². The highest BCUT2D eigenvalue weighted by atomic mass is 32.2. The van der Waals surface area contributed by atoms with E-state index in [1.807, 2.05) is 0 Å². The van der Waals surface area contributed by atoms with E-state index < -0.39 is 10.0 Å². The molecule has 7 nitrogen and oxygen atoms in total. The van der Waals surface area contributed by atoms with E-state index in [1.54, 1.807) is 14.1 Å². The molecule has 106 valence electrons. The van der Waals surface area contributed by atoms with E-state index in [0.29, 0.717) is 13.0 Å². The predicted octanol–water partition coefficient (Wildman–Crippen LogP) is -0.101. The average molecular weight is 286 g/mol. The summed E-state index contributed by atoms with van der Waals surface area (Å²) >= 11 is 0. The van der Waals surface area contributed by atoms with Crippen LogP contribution in [-0.2, 0) is 14.8 Å². The molecule has 8 heteroatoms. The molecule has 0 spiro atoms. The van der Waals surface area contributed by atoms with Crippen molar-refractivity contribution in [3.8, 4) is 0 Å². The average Bonchev–Trinajstić information content (AvgIpc) is 2.92. The van der Waals surface area contributed by atoms with Crippen LogP contribution in [0, 0.1) is 5.92 Å². The Hall–Kier alpha value is -1.41. The van der Waals surface area contributed by atoms with Crippen molar-refractivity contribution < 1.29 is 13.2 Å². The van der Waals surface area contributed by atoms with E-state index in [2.05, 4.69) is 10.2 Å². The van der Waals surface area contributed by atoms with Crippen LogP contribution < -0.4 is 0 Å². The molecule has 0 bridgehead atoms. The second-order valence-electron chi connectivity index (χ2n) is 4.87. The van der Waals surface area contributed by atoms with Crippen LogP contribution in [0.1, 0.15) is 12.8 Å². The number of H-pyrrole nitrogens is 1. The number of nitrogens with zero attached hydrogens (tertiary/aromatic N) is 3. The summed E-state index contributed by atoms with van der Waals surface area (Å²) in [7, 11) is -0.169. The number of hydrogen-bond acceptors (Lipinski definition) is 4. The lowest BCUT2D eigenvalue weighted by atomic mass is 9.98. The lowest BCUT2D eigenvalue weighted by Crippen LogP contribution is -2.45. The molecule has 0 aromatic carbocycles. The summed E-state index contributed by atoms with van der Waals surface area (Å²) in [6.07, 6.45) is 4.06. The van der Waals surface area contributed by atoms with Crippen molar-refractivity contribution in [1.29, 1.82) is 0 Å². The molecule has 0 radical (unpaired) electrons. The number of carbonyl (C=O) groups excluding carboxylic acids is 1. The highest BCUT2D eigenvalue weighted by Crippen LogP contribution is 2.23. The fraction of sp³-hybridized carbons (Fsp3) is 0.636. The minimum absolute atomic E-state index is 0.0212. The van der Waals surface area contributed by atoms with Crippen molar-refractivity contribution in [3.63, 3.8) is 0 Å². The number of nitrogens with one attached hydrogen (secondary N) is 1. The van der Waals surface area contributed by atoms with Gasteiger partial charge in [-0.15, -0.1) is 0 Å². The Morgan fingerprint density at radius 1 is 1.53 bits per heavy atom. The first-order chi connectivity index (χ1) is 8.93. The summed E-state index contributed by atoms with van der Waals surface area (Å²) < 4.78 is 26.0. The van der Waals surface area contributed by atoms with Gasteiger partial charge in [0.1, 0.15) is 4.90 Å². The molecular formula is C11H18N4O3S. The van der Waals surface area contributed by atoms with E-state index in [-0.39, 0.29) is 23.3 Å². The van der Waals surface area contributed by atoms with E-state index in [0.717, 1.165) is 6.42 Å². The van der Waals surface area contributed by atoms with E-state index in [1.165, 1.54) is 21.6 Å². The molecule has 1 fully saturated rings. The Labute approximate surface area is 112 Å². The van der Waals surface area contributed by atoms with Gasteiger partial charge >= 0.3 is 0 Å². The molecule has 0 saturated carbocycles. The van der Waals surface area contributed by atoms with Crippen LogP contribution in [-0.4, -0.2) is 60.9 Å². The molecule has 1 atom stereocenters. The van der Waals surface area contributed by atoms with Crippen LogP contribution in [0.4, 0.5) is 0 Å². The highest BCUT2D eigenvalue weighted by molar-refractivity contribution is 7.89. The Kier molecular flexibility index (Phi) is 3.91. The first-order valence-corrected chi connectivity index (χ1v) is 7.57. The monoisotopic (exact) mass is 286 g/mol. The molecule has 0 aliphatic carbocycles. The van der Waals surface area contributed by atoms with Gasteiger partial charge in [0.05, 0.1) is 12.1 Å². The van der Waals surface area contributed by atoms with Crippen LogP contribution in [0.15, 0.2) is 17.3 Å². The molecule has 1 N–H and O–H groups in total. The molecule has 2 heterocycles. The first-order valence-electron chi connectivity index (χ1n) is 6.13. The van der Waals surface area contributed by atoms with Crippen molar-refractivity contribution in [2.75, 3.05) is 27.2 Å². The molecule has 1 aromatic rings. The second-order valence-corrected chi connectivity index (χ2v) is 6.81. The Morgan fingerprint density at radius 2 is 2.26 bits per heavy atom. The summed E-state index contributed by atoms with van der Waals surface area (Å²) in [5.41, 5.74) is 0. The third-order valence-corrected chi connectivity index (χ3v) is 5.12. The molecule has 19 heavy (non-hydrogen) atoms. The lowest BCUT2D eigenvalue weighted by Gasteiger charge is -2.32. The van der Waals surface area contributed by atoms with Gasteiger partial charge in [-0.1, -0.05) is 0 Å². The summed E-state index contributed by atoms with van der Waals surface area (Å²) in [6.45, 7) is 0.690. The molecule has 1 saturated heterocycles. The van der Waals surface area contributed by atoms with E-state index in [9.17, 15) is 13.2 Å². The first kappa shape index (κ1) is 14.0. The third kappa shape index (κ3) is 2.79. The summed E-state index contributed by atoms with van der Waals surface area (Å²) in [6, 6.07) is 0. The number of carbonyl (C=O) groups is 1. The van der Waals surface area contributed by atoms with Gasteiger partial charge in [0, 0.05) is 33.4 Å². The SMILES string of the molecule is CN(C)C(=O)[C@H]1CCCN(S(=O)(=O)c2cn[nH]c2)C1. The summed E-state index contributed by atoms with van der Waals surface area (Å²) in [5.74, 6) is -0.280. The molecular weight excluding hydrogens is 268 g/mol. The fourth-order valence-corrected chi connectivity index (χ4v) is 3.69. The zero-order chi connectivity index (χ0) is 14.0. The largest absolute Gasteiger partial charge is 0.349 e. The van der Waals surface area contributed by atoms with Crippen LogP contribution >= 0.6 is 0 Å². The minimum atomic E-state index is -3.54. The maximum absolute atomic E-state index is 12.3. The normalized spacial score (nSPS) is 21.3. The number of hydrogen-bond donors (Lipinski definition) is 1. The second kappa shape index (κ2) is 5.30. The molecule has 1 aromatic heterocycles. The Bertz CT molecular complexity index is 538. The van der Waals surface area contributed by atoms with Gasteiger partial charge in [0.25, 0.3) is 0 Å². The van der Waals surface area contributed by atoms with Crippen LogP contribution in [0.5, 0.6) is 0 Å². The maximum Gasteiger partial charge on any atom is 0.246 e. The van der Waals surface area contributed by atoms with Gasteiger partial charge in [-0.2, -0.15) is 9.40 Å². The zero-order valence-electron chi connectivity index (χ0n) is 11.0. The molecule has 1 amide bonds. The van der Waals surface area contributed by atoms with Gasteiger partial charge in [0.2, 0.25) is 15.9 Å². The van der Waals surface area contributed by atoms with Crippen molar-refractivity contribution in [2.24, 2.45) is 5.92 Å². The number of amides is 1. The van der Waals surface area contributed by atoms with Crippen LogP contribution in [0.3, 0.4) is 0 Å². The number of rotatable bonds is 3. The summed E-state index contributed by atoms with van der Waals surface area (Å²) in [5, 5.41) is 6.16. The number of sulfonamides is 1. The third-order valence-electron chi connectivity index (χ3n) is 3.29. The van der Waals surface area contributed by atoms with E-state index in [4.69, 9.17) is 0 Å². The van der Waals surface area contributed by atoms with Crippen molar-refractivity contribution in [3.05, 3.63) is 12.4 Å². The zero-order valence-corrected chi connectivity index (χ0v) is 11.9. The van der Waals surface area contributed by atoms with Crippen molar-refractivity contribution in [1.82, 2.24) is 19.4 Å². The topological polar surface area (TPSA) is 86.4 Å². The molecule has 0 unspecified atom stereocenters. The molecule has 1 aliphatic heterocycles. The van der Waals surface area contributed by atoms with Crippen molar-refractivity contribution >= 4 is 15.9 Å². The van der Waals surface area contributed by atoms with Gasteiger partial charge in [0.15, 0.2) is 0 Å². The Balaban J connectivity index is 2.16. The van der Waals surface area contributed by atoms with Gasteiger partial charge in [-0.25, -0.2) is 8.42 Å². The van der Waals surface area contributed by atoms with Gasteiger partial charge < -0.3 is 4.90 Å².